The lowest BCUT2D eigenvalue weighted by Crippen LogP contribution is -2.07. The van der Waals surface area contributed by atoms with Crippen LogP contribution in [0, 0.1) is 0 Å². The third-order valence-electron chi connectivity index (χ3n) is 6.25. The smallest absolute Gasteiger partial charge is 0.122 e. The summed E-state index contributed by atoms with van der Waals surface area (Å²) in [6.07, 6.45) is 13.2. The Bertz CT molecular complexity index is 940. The minimum atomic E-state index is 0.280. The fourth-order valence-corrected chi connectivity index (χ4v) is 4.05. The molecule has 2 aromatic rings. The van der Waals surface area contributed by atoms with Crippen LogP contribution in [0.15, 0.2) is 66.8 Å². The molecule has 2 unspecified atom stereocenters. The quantitative estimate of drug-likeness (QED) is 0.344. The van der Waals surface area contributed by atoms with E-state index in [4.69, 9.17) is 18.9 Å². The Morgan fingerprint density at radius 1 is 0.781 bits per heavy atom. The molecule has 2 fully saturated rings. The maximum absolute atomic E-state index is 6.04. The molecular formula is C28H32O4. The van der Waals surface area contributed by atoms with Crippen molar-refractivity contribution in [2.75, 3.05) is 26.4 Å². The Morgan fingerprint density at radius 3 is 2.00 bits per heavy atom. The highest BCUT2D eigenvalue weighted by molar-refractivity contribution is 5.44. The third kappa shape index (κ3) is 5.62. The van der Waals surface area contributed by atoms with Crippen LogP contribution >= 0.6 is 0 Å². The molecule has 0 bridgehead atoms. The van der Waals surface area contributed by atoms with E-state index >= 15 is 0 Å². The molecule has 1 aliphatic carbocycles. The third-order valence-corrected chi connectivity index (χ3v) is 6.25. The van der Waals surface area contributed by atoms with Crippen molar-refractivity contribution in [2.45, 2.75) is 50.2 Å². The molecule has 0 spiro atoms. The minimum absolute atomic E-state index is 0.280. The van der Waals surface area contributed by atoms with Crippen LogP contribution in [-0.4, -0.2) is 38.6 Å². The highest BCUT2D eigenvalue weighted by atomic mass is 16.6. The van der Waals surface area contributed by atoms with Crippen LogP contribution in [0.2, 0.25) is 0 Å². The van der Waals surface area contributed by atoms with Crippen molar-refractivity contribution in [3.05, 3.63) is 83.5 Å². The van der Waals surface area contributed by atoms with Crippen LogP contribution in [0.3, 0.4) is 0 Å². The number of hydrogen-bond acceptors (Lipinski definition) is 4. The van der Waals surface area contributed by atoms with Crippen LogP contribution in [0.5, 0.6) is 11.5 Å². The van der Waals surface area contributed by atoms with E-state index in [0.29, 0.717) is 25.0 Å². The lowest BCUT2D eigenvalue weighted by Gasteiger charge is -2.20. The topological polar surface area (TPSA) is 43.5 Å². The van der Waals surface area contributed by atoms with Gasteiger partial charge in [-0.25, -0.2) is 0 Å². The fourth-order valence-electron chi connectivity index (χ4n) is 4.05. The zero-order valence-electron chi connectivity index (χ0n) is 18.7. The van der Waals surface area contributed by atoms with E-state index in [1.807, 2.05) is 0 Å². The SMILES string of the molecule is CCCCc1cc(C2C=CC(c3ccc(OCC4CO4)cc3)C=C2)ccc1OCC1CO1. The van der Waals surface area contributed by atoms with E-state index < -0.39 is 0 Å². The molecular weight excluding hydrogens is 400 g/mol. The highest BCUT2D eigenvalue weighted by Gasteiger charge is 2.24. The highest BCUT2D eigenvalue weighted by Crippen LogP contribution is 2.33. The van der Waals surface area contributed by atoms with Gasteiger partial charge in [0.25, 0.3) is 0 Å². The van der Waals surface area contributed by atoms with E-state index in [-0.39, 0.29) is 12.2 Å². The summed E-state index contributed by atoms with van der Waals surface area (Å²) in [7, 11) is 0. The molecule has 0 amide bonds. The standard InChI is InChI=1S/C28H32O4/c1-2-3-4-24-15-23(11-14-28(24)32-19-27-18-31-27)22-7-5-20(6-8-22)21-9-12-25(13-10-21)29-16-26-17-30-26/h5-15,20,22,26-27H,2-4,16-19H2,1H3. The van der Waals surface area contributed by atoms with Crippen molar-refractivity contribution in [2.24, 2.45) is 0 Å². The molecule has 5 rings (SSSR count). The zero-order valence-corrected chi connectivity index (χ0v) is 18.7. The predicted molar refractivity (Wildman–Crippen MR) is 126 cm³/mol. The van der Waals surface area contributed by atoms with Gasteiger partial charge >= 0.3 is 0 Å². The van der Waals surface area contributed by atoms with Crippen molar-refractivity contribution in [3.63, 3.8) is 0 Å². The van der Waals surface area contributed by atoms with Crippen molar-refractivity contribution >= 4 is 0 Å². The Morgan fingerprint density at radius 2 is 1.38 bits per heavy atom. The van der Waals surface area contributed by atoms with Crippen LogP contribution in [0.4, 0.5) is 0 Å². The van der Waals surface area contributed by atoms with Gasteiger partial charge in [-0.2, -0.15) is 0 Å². The summed E-state index contributed by atoms with van der Waals surface area (Å²) in [4.78, 5) is 0. The van der Waals surface area contributed by atoms with Gasteiger partial charge in [-0.15, -0.1) is 0 Å². The summed E-state index contributed by atoms with van der Waals surface area (Å²) in [5, 5.41) is 0. The van der Waals surface area contributed by atoms with Gasteiger partial charge in [-0.05, 0) is 47.7 Å². The number of ether oxygens (including phenoxy) is 4. The first kappa shape index (κ1) is 21.3. The van der Waals surface area contributed by atoms with E-state index in [9.17, 15) is 0 Å². The monoisotopic (exact) mass is 432 g/mol. The number of rotatable bonds is 11. The summed E-state index contributed by atoms with van der Waals surface area (Å²) >= 11 is 0. The molecule has 3 aliphatic rings. The largest absolute Gasteiger partial charge is 0.491 e. The van der Waals surface area contributed by atoms with Gasteiger partial charge in [0.05, 0.1) is 13.2 Å². The summed E-state index contributed by atoms with van der Waals surface area (Å²) in [5.41, 5.74) is 3.91. The molecule has 2 saturated heterocycles. The normalized spacial score (nSPS) is 25.5. The Balaban J connectivity index is 1.22. The number of allylic oxidation sites excluding steroid dienone is 4. The van der Waals surface area contributed by atoms with Gasteiger partial charge in [0.1, 0.15) is 36.9 Å². The van der Waals surface area contributed by atoms with E-state index in [0.717, 1.165) is 31.1 Å². The molecule has 2 atom stereocenters. The summed E-state index contributed by atoms with van der Waals surface area (Å²) in [5.74, 6) is 2.51. The molecule has 0 aromatic heterocycles. The second-order valence-electron chi connectivity index (χ2n) is 8.89. The van der Waals surface area contributed by atoms with E-state index in [2.05, 4.69) is 73.7 Å². The molecule has 2 heterocycles. The Labute approximate surface area is 190 Å². The van der Waals surface area contributed by atoms with Gasteiger partial charge in [0.15, 0.2) is 0 Å². The maximum Gasteiger partial charge on any atom is 0.122 e. The lowest BCUT2D eigenvalue weighted by molar-refractivity contribution is 0.261. The maximum atomic E-state index is 6.04. The van der Waals surface area contributed by atoms with Crippen molar-refractivity contribution < 1.29 is 18.9 Å². The Kier molecular flexibility index (Phi) is 6.61. The molecule has 0 saturated carbocycles. The first-order chi connectivity index (χ1) is 15.8. The first-order valence-electron chi connectivity index (χ1n) is 11.9. The average molecular weight is 433 g/mol. The van der Waals surface area contributed by atoms with Gasteiger partial charge in [0.2, 0.25) is 0 Å². The molecule has 0 N–H and O–H groups in total. The number of epoxide rings is 2. The summed E-state index contributed by atoms with van der Waals surface area (Å²) < 4.78 is 22.3. The van der Waals surface area contributed by atoms with Crippen molar-refractivity contribution in [3.8, 4) is 11.5 Å². The van der Waals surface area contributed by atoms with Gasteiger partial charge in [0, 0.05) is 11.8 Å². The average Bonchev–Trinajstić information content (AvgIpc) is 3.76. The minimum Gasteiger partial charge on any atom is -0.491 e. The van der Waals surface area contributed by atoms with Gasteiger partial charge in [-0.3, -0.25) is 0 Å². The molecule has 0 radical (unpaired) electrons. The molecule has 2 aliphatic heterocycles. The lowest BCUT2D eigenvalue weighted by atomic mass is 9.86. The predicted octanol–water partition coefficient (Wildman–Crippen LogP) is 5.58. The molecule has 4 nitrogen and oxygen atoms in total. The first-order valence-corrected chi connectivity index (χ1v) is 11.9. The van der Waals surface area contributed by atoms with Crippen LogP contribution in [0.25, 0.3) is 0 Å². The fraction of sp³-hybridized carbons (Fsp3) is 0.429. The van der Waals surface area contributed by atoms with Gasteiger partial charge < -0.3 is 18.9 Å². The number of hydrogen-bond donors (Lipinski definition) is 0. The number of benzene rings is 2. The Hall–Kier alpha value is -2.56. The molecule has 2 aromatic carbocycles. The van der Waals surface area contributed by atoms with Crippen LogP contribution in [0.1, 0.15) is 48.3 Å². The van der Waals surface area contributed by atoms with Crippen molar-refractivity contribution in [1.82, 2.24) is 0 Å². The summed E-state index contributed by atoms with van der Waals surface area (Å²) in [6, 6.07) is 15.1. The summed E-state index contributed by atoms with van der Waals surface area (Å²) in [6.45, 7) is 5.17. The van der Waals surface area contributed by atoms with E-state index in [1.165, 1.54) is 29.5 Å². The molecule has 32 heavy (non-hydrogen) atoms. The van der Waals surface area contributed by atoms with E-state index in [1.54, 1.807) is 0 Å². The van der Waals surface area contributed by atoms with Crippen molar-refractivity contribution in [1.29, 1.82) is 0 Å². The number of unbranched alkanes of at least 4 members (excludes halogenated alkanes) is 1. The van der Waals surface area contributed by atoms with Gasteiger partial charge in [-0.1, -0.05) is 61.9 Å². The molecule has 4 heteroatoms. The second kappa shape index (κ2) is 9.93. The second-order valence-corrected chi connectivity index (χ2v) is 8.89. The van der Waals surface area contributed by atoms with Crippen LogP contribution < -0.4 is 9.47 Å². The van der Waals surface area contributed by atoms with Crippen LogP contribution in [-0.2, 0) is 15.9 Å². The number of aryl methyl sites for hydroxylation is 1. The molecule has 168 valence electrons. The zero-order chi connectivity index (χ0) is 21.8.